The normalized spacial score (nSPS) is 11.4. The molecule has 2 aromatic rings. The van der Waals surface area contributed by atoms with Gasteiger partial charge in [0.2, 0.25) is 5.91 Å². The molecule has 5 nitrogen and oxygen atoms in total. The highest BCUT2D eigenvalue weighted by Crippen LogP contribution is 2.12. The summed E-state index contributed by atoms with van der Waals surface area (Å²) in [5, 5.41) is 20.6. The van der Waals surface area contributed by atoms with Crippen LogP contribution in [-0.2, 0) is 22.4 Å². The van der Waals surface area contributed by atoms with E-state index in [9.17, 15) is 23.5 Å². The van der Waals surface area contributed by atoms with Gasteiger partial charge in [0.15, 0.2) is 0 Å². The number of carboxylic acids is 1. The molecule has 0 heterocycles. The number of nitriles is 1. The van der Waals surface area contributed by atoms with Crippen molar-refractivity contribution < 1.29 is 23.5 Å². The summed E-state index contributed by atoms with van der Waals surface area (Å²) in [6.07, 6.45) is -0.507. The minimum atomic E-state index is -1.28. The Morgan fingerprint density at radius 2 is 1.88 bits per heavy atom. The number of carboxylic acid groups (broad SMARTS) is 1. The number of hydrogen-bond acceptors (Lipinski definition) is 3. The van der Waals surface area contributed by atoms with Crippen LogP contribution in [0.25, 0.3) is 0 Å². The topological polar surface area (TPSA) is 90.2 Å². The van der Waals surface area contributed by atoms with Gasteiger partial charge < -0.3 is 10.4 Å². The van der Waals surface area contributed by atoms with Gasteiger partial charge in [0, 0.05) is 12.5 Å². The zero-order chi connectivity index (χ0) is 18.4. The van der Waals surface area contributed by atoms with Crippen molar-refractivity contribution in [3.8, 4) is 6.07 Å². The van der Waals surface area contributed by atoms with E-state index >= 15 is 0 Å². The van der Waals surface area contributed by atoms with Crippen molar-refractivity contribution in [3.63, 3.8) is 0 Å². The number of halogens is 2. The monoisotopic (exact) mass is 344 g/mol. The number of hydrogen-bond donors (Lipinski definition) is 2. The molecule has 0 aliphatic rings. The maximum atomic E-state index is 13.6. The van der Waals surface area contributed by atoms with Crippen molar-refractivity contribution >= 4 is 11.9 Å². The van der Waals surface area contributed by atoms with Crippen molar-refractivity contribution in [2.45, 2.75) is 18.9 Å². The molecule has 0 saturated carbocycles. The molecular weight excluding hydrogens is 330 g/mol. The fraction of sp³-hybridized carbons (Fsp3) is 0.167. The van der Waals surface area contributed by atoms with Gasteiger partial charge in [-0.15, -0.1) is 0 Å². The van der Waals surface area contributed by atoms with Gasteiger partial charge in [-0.3, -0.25) is 4.79 Å². The minimum absolute atomic E-state index is 0.0412. The average Bonchev–Trinajstić information content (AvgIpc) is 2.57. The number of carbonyl (C=O) groups excluding carboxylic acids is 1. The van der Waals surface area contributed by atoms with Gasteiger partial charge in [-0.25, -0.2) is 13.6 Å². The number of rotatable bonds is 6. The van der Waals surface area contributed by atoms with Crippen LogP contribution in [0.1, 0.15) is 16.7 Å². The number of aliphatic carboxylic acids is 1. The Morgan fingerprint density at radius 1 is 1.16 bits per heavy atom. The Kier molecular flexibility index (Phi) is 5.79. The van der Waals surface area contributed by atoms with Gasteiger partial charge in [-0.1, -0.05) is 24.3 Å². The molecule has 0 saturated heterocycles. The molecule has 25 heavy (non-hydrogen) atoms. The SMILES string of the molecule is N#Cc1ccccc1C[C@@H](NC(=O)Cc1ccc(F)cc1F)C(=O)O. The molecule has 0 radical (unpaired) electrons. The van der Waals surface area contributed by atoms with E-state index in [0.29, 0.717) is 17.2 Å². The van der Waals surface area contributed by atoms with Crippen molar-refractivity contribution in [3.05, 3.63) is 70.8 Å². The molecule has 128 valence electrons. The smallest absolute Gasteiger partial charge is 0.326 e. The second-order valence-electron chi connectivity index (χ2n) is 5.34. The van der Waals surface area contributed by atoms with Crippen LogP contribution >= 0.6 is 0 Å². The molecule has 0 spiro atoms. The summed E-state index contributed by atoms with van der Waals surface area (Å²) in [7, 11) is 0. The summed E-state index contributed by atoms with van der Waals surface area (Å²) in [5.41, 5.74) is 0.749. The highest BCUT2D eigenvalue weighted by molar-refractivity contribution is 5.85. The number of benzene rings is 2. The van der Waals surface area contributed by atoms with Gasteiger partial charge in [0.25, 0.3) is 0 Å². The molecule has 1 atom stereocenters. The maximum Gasteiger partial charge on any atom is 0.326 e. The van der Waals surface area contributed by atoms with Gasteiger partial charge in [0.1, 0.15) is 17.7 Å². The van der Waals surface area contributed by atoms with Crippen molar-refractivity contribution in [1.82, 2.24) is 5.32 Å². The van der Waals surface area contributed by atoms with Crippen LogP contribution in [0.15, 0.2) is 42.5 Å². The largest absolute Gasteiger partial charge is 0.480 e. The highest BCUT2D eigenvalue weighted by Gasteiger charge is 2.22. The fourth-order valence-electron chi connectivity index (χ4n) is 2.31. The van der Waals surface area contributed by atoms with Crippen LogP contribution in [0.2, 0.25) is 0 Å². The van der Waals surface area contributed by atoms with Crippen LogP contribution in [0.3, 0.4) is 0 Å². The van der Waals surface area contributed by atoms with Crippen LogP contribution in [0.5, 0.6) is 0 Å². The molecular formula is C18H14F2N2O3. The first-order chi connectivity index (χ1) is 11.9. The molecule has 0 aliphatic carbocycles. The van der Waals surface area contributed by atoms with E-state index in [1.54, 1.807) is 24.3 Å². The third-order valence-electron chi connectivity index (χ3n) is 3.56. The second kappa shape index (κ2) is 8.02. The van der Waals surface area contributed by atoms with E-state index in [1.807, 2.05) is 6.07 Å². The lowest BCUT2D eigenvalue weighted by atomic mass is 10.0. The highest BCUT2D eigenvalue weighted by atomic mass is 19.1. The molecule has 7 heteroatoms. The Morgan fingerprint density at radius 3 is 2.52 bits per heavy atom. The fourth-order valence-corrected chi connectivity index (χ4v) is 2.31. The van der Waals surface area contributed by atoms with E-state index in [-0.39, 0.29) is 12.0 Å². The molecule has 0 bridgehead atoms. The van der Waals surface area contributed by atoms with E-state index < -0.39 is 36.0 Å². The minimum Gasteiger partial charge on any atom is -0.480 e. The Bertz CT molecular complexity index is 846. The summed E-state index contributed by atoms with van der Waals surface area (Å²) >= 11 is 0. The molecule has 0 fully saturated rings. The van der Waals surface area contributed by atoms with Crippen molar-refractivity contribution in [2.24, 2.45) is 0 Å². The van der Waals surface area contributed by atoms with Crippen LogP contribution in [0.4, 0.5) is 8.78 Å². The van der Waals surface area contributed by atoms with Gasteiger partial charge >= 0.3 is 5.97 Å². The first-order valence-electron chi connectivity index (χ1n) is 7.35. The first kappa shape index (κ1) is 18.1. The summed E-state index contributed by atoms with van der Waals surface area (Å²) in [4.78, 5) is 23.4. The molecule has 1 amide bonds. The number of nitrogens with one attached hydrogen (secondary N) is 1. The molecule has 0 aromatic heterocycles. The first-order valence-corrected chi connectivity index (χ1v) is 7.35. The van der Waals surface area contributed by atoms with Gasteiger partial charge in [-0.2, -0.15) is 5.26 Å². The van der Waals surface area contributed by atoms with Gasteiger partial charge in [0.05, 0.1) is 18.1 Å². The predicted octanol–water partition coefficient (Wildman–Crippen LogP) is 2.19. The molecule has 2 rings (SSSR count). The summed E-state index contributed by atoms with van der Waals surface area (Å²) in [5.74, 6) is -3.64. The number of carbonyl (C=O) groups is 2. The summed E-state index contributed by atoms with van der Waals surface area (Å²) in [6.45, 7) is 0. The van der Waals surface area contributed by atoms with Crippen LogP contribution in [0, 0.1) is 23.0 Å². The van der Waals surface area contributed by atoms with Crippen LogP contribution < -0.4 is 5.32 Å². The van der Waals surface area contributed by atoms with E-state index in [2.05, 4.69) is 5.32 Å². The molecule has 2 N–H and O–H groups in total. The van der Waals surface area contributed by atoms with Crippen molar-refractivity contribution in [1.29, 1.82) is 5.26 Å². The quantitative estimate of drug-likeness (QED) is 0.840. The lowest BCUT2D eigenvalue weighted by Crippen LogP contribution is -2.43. The number of amides is 1. The standard InChI is InChI=1S/C18H14F2N2O3/c19-14-6-5-12(15(20)9-14)8-17(23)22-16(18(24)25)7-11-3-1-2-4-13(11)10-21/h1-6,9,16H,7-8H2,(H,22,23)(H,24,25)/t16-/m1/s1. The van der Waals surface area contributed by atoms with Crippen molar-refractivity contribution in [2.75, 3.05) is 0 Å². The Hall–Kier alpha value is -3.27. The average molecular weight is 344 g/mol. The Labute approximate surface area is 142 Å². The summed E-state index contributed by atoms with van der Waals surface area (Å²) in [6, 6.07) is 9.93. The van der Waals surface area contributed by atoms with E-state index in [1.165, 1.54) is 0 Å². The van der Waals surface area contributed by atoms with E-state index in [0.717, 1.165) is 12.1 Å². The molecule has 0 aliphatic heterocycles. The molecule has 0 unspecified atom stereocenters. The predicted molar refractivity (Wildman–Crippen MR) is 84.5 cm³/mol. The third-order valence-corrected chi connectivity index (χ3v) is 3.56. The zero-order valence-electron chi connectivity index (χ0n) is 13.0. The maximum absolute atomic E-state index is 13.6. The lowest BCUT2D eigenvalue weighted by molar-refractivity contribution is -0.141. The number of nitrogens with zero attached hydrogens (tertiary/aromatic N) is 1. The lowest BCUT2D eigenvalue weighted by Gasteiger charge is -2.15. The second-order valence-corrected chi connectivity index (χ2v) is 5.34. The zero-order valence-corrected chi connectivity index (χ0v) is 13.0. The van der Waals surface area contributed by atoms with Crippen LogP contribution in [-0.4, -0.2) is 23.0 Å². The third kappa shape index (κ3) is 4.85. The Balaban J connectivity index is 2.09. The molecule has 2 aromatic carbocycles. The van der Waals surface area contributed by atoms with E-state index in [4.69, 9.17) is 5.26 Å². The summed E-state index contributed by atoms with van der Waals surface area (Å²) < 4.78 is 26.4. The van der Waals surface area contributed by atoms with Gasteiger partial charge in [-0.05, 0) is 23.3 Å².